The molecule has 0 saturated carbocycles. The summed E-state index contributed by atoms with van der Waals surface area (Å²) in [5.74, 6) is 0. The van der Waals surface area contributed by atoms with Gasteiger partial charge in [-0.2, -0.15) is 5.26 Å². The predicted molar refractivity (Wildman–Crippen MR) is 85.5 cm³/mol. The molecule has 20 heavy (non-hydrogen) atoms. The molecular formula is C17H27N3. The first kappa shape index (κ1) is 16.5. The quantitative estimate of drug-likeness (QED) is 0.862. The van der Waals surface area contributed by atoms with Gasteiger partial charge in [0.1, 0.15) is 0 Å². The Morgan fingerprint density at radius 2 is 1.85 bits per heavy atom. The Hall–Kier alpha value is -1.53. The standard InChI is InChI=1S/C17H27N3/c1-5-15(19)16(17(2,3)4)20(13-9-12-18)14-10-7-6-8-11-14/h6-8,10-11,15-16H,5,9,13,19H2,1-4H3. The molecule has 2 unspecified atom stereocenters. The largest absolute Gasteiger partial charge is 0.365 e. The van der Waals surface area contributed by atoms with Crippen LogP contribution < -0.4 is 10.6 Å². The lowest BCUT2D eigenvalue weighted by atomic mass is 9.80. The molecular weight excluding hydrogens is 246 g/mol. The van der Waals surface area contributed by atoms with Crippen LogP contribution in [-0.4, -0.2) is 18.6 Å². The van der Waals surface area contributed by atoms with Gasteiger partial charge < -0.3 is 10.6 Å². The van der Waals surface area contributed by atoms with Crippen LogP contribution in [0.1, 0.15) is 40.5 Å². The number of nitrogens with two attached hydrogens (primary N) is 1. The van der Waals surface area contributed by atoms with Crippen molar-refractivity contribution in [2.24, 2.45) is 11.1 Å². The van der Waals surface area contributed by atoms with E-state index in [1.807, 2.05) is 18.2 Å². The van der Waals surface area contributed by atoms with Crippen molar-refractivity contribution in [3.8, 4) is 6.07 Å². The fraction of sp³-hybridized carbons (Fsp3) is 0.588. The van der Waals surface area contributed by atoms with Gasteiger partial charge in [0.2, 0.25) is 0 Å². The zero-order chi connectivity index (χ0) is 15.2. The second-order valence-electron chi connectivity index (χ2n) is 6.32. The maximum Gasteiger partial charge on any atom is 0.0640 e. The smallest absolute Gasteiger partial charge is 0.0640 e. The average molecular weight is 273 g/mol. The number of para-hydroxylation sites is 1. The Bertz CT molecular complexity index is 428. The highest BCUT2D eigenvalue weighted by molar-refractivity contribution is 5.48. The van der Waals surface area contributed by atoms with E-state index in [-0.39, 0.29) is 17.5 Å². The molecule has 3 nitrogen and oxygen atoms in total. The molecule has 3 heteroatoms. The maximum absolute atomic E-state index is 8.93. The summed E-state index contributed by atoms with van der Waals surface area (Å²) in [7, 11) is 0. The summed E-state index contributed by atoms with van der Waals surface area (Å²) in [5.41, 5.74) is 7.59. The predicted octanol–water partition coefficient (Wildman–Crippen LogP) is 3.56. The molecule has 0 aromatic heterocycles. The van der Waals surface area contributed by atoms with E-state index in [0.717, 1.165) is 18.7 Å². The molecule has 0 bridgehead atoms. The SMILES string of the molecule is CCC(N)C(N(CCC#N)c1ccccc1)C(C)(C)C. The van der Waals surface area contributed by atoms with E-state index in [1.165, 1.54) is 0 Å². The Kier molecular flexibility index (Phi) is 6.04. The van der Waals surface area contributed by atoms with Crippen LogP contribution >= 0.6 is 0 Å². The molecule has 0 aliphatic rings. The van der Waals surface area contributed by atoms with Crippen molar-refractivity contribution < 1.29 is 0 Å². The van der Waals surface area contributed by atoms with Gasteiger partial charge in [-0.1, -0.05) is 45.9 Å². The number of anilines is 1. The highest BCUT2D eigenvalue weighted by Crippen LogP contribution is 2.31. The van der Waals surface area contributed by atoms with Crippen molar-refractivity contribution in [2.75, 3.05) is 11.4 Å². The first-order chi connectivity index (χ1) is 9.41. The van der Waals surface area contributed by atoms with Crippen LogP contribution in [0.15, 0.2) is 30.3 Å². The van der Waals surface area contributed by atoms with Gasteiger partial charge in [0.05, 0.1) is 12.5 Å². The van der Waals surface area contributed by atoms with Gasteiger partial charge >= 0.3 is 0 Å². The molecule has 1 rings (SSSR count). The van der Waals surface area contributed by atoms with E-state index >= 15 is 0 Å². The molecule has 0 heterocycles. The number of hydrogen-bond donors (Lipinski definition) is 1. The summed E-state index contributed by atoms with van der Waals surface area (Å²) in [5, 5.41) is 8.93. The van der Waals surface area contributed by atoms with E-state index in [4.69, 9.17) is 11.0 Å². The van der Waals surface area contributed by atoms with Crippen molar-refractivity contribution >= 4 is 5.69 Å². The number of nitrogens with zero attached hydrogens (tertiary/aromatic N) is 2. The molecule has 1 aromatic carbocycles. The number of rotatable bonds is 6. The Balaban J connectivity index is 3.15. The van der Waals surface area contributed by atoms with E-state index in [1.54, 1.807) is 0 Å². The molecule has 110 valence electrons. The molecule has 0 fully saturated rings. The second kappa shape index (κ2) is 7.31. The lowest BCUT2D eigenvalue weighted by Gasteiger charge is -2.44. The molecule has 0 aliphatic heterocycles. The van der Waals surface area contributed by atoms with Crippen molar-refractivity contribution in [3.63, 3.8) is 0 Å². The lowest BCUT2D eigenvalue weighted by Crippen LogP contribution is -2.55. The minimum Gasteiger partial charge on any atom is -0.365 e. The fourth-order valence-corrected chi connectivity index (χ4v) is 2.78. The van der Waals surface area contributed by atoms with Crippen LogP contribution in [0, 0.1) is 16.7 Å². The second-order valence-corrected chi connectivity index (χ2v) is 6.32. The van der Waals surface area contributed by atoms with E-state index in [0.29, 0.717) is 6.42 Å². The third kappa shape index (κ3) is 4.25. The third-order valence-corrected chi connectivity index (χ3v) is 3.65. The molecule has 2 atom stereocenters. The lowest BCUT2D eigenvalue weighted by molar-refractivity contribution is 0.261. The van der Waals surface area contributed by atoms with Gasteiger partial charge in [-0.25, -0.2) is 0 Å². The minimum atomic E-state index is 0.0563. The van der Waals surface area contributed by atoms with Gasteiger partial charge in [-0.05, 0) is 24.0 Å². The van der Waals surface area contributed by atoms with E-state index in [9.17, 15) is 0 Å². The van der Waals surface area contributed by atoms with Gasteiger partial charge in [-0.3, -0.25) is 0 Å². The summed E-state index contributed by atoms with van der Waals surface area (Å²) in [4.78, 5) is 2.30. The molecule has 2 N–H and O–H groups in total. The first-order valence-corrected chi connectivity index (χ1v) is 7.36. The maximum atomic E-state index is 8.93. The van der Waals surface area contributed by atoms with Crippen molar-refractivity contribution in [3.05, 3.63) is 30.3 Å². The van der Waals surface area contributed by atoms with Gasteiger partial charge in [-0.15, -0.1) is 0 Å². The summed E-state index contributed by atoms with van der Waals surface area (Å²) in [6, 6.07) is 12.8. The average Bonchev–Trinajstić information content (AvgIpc) is 2.42. The minimum absolute atomic E-state index is 0.0563. The molecule has 0 spiro atoms. The van der Waals surface area contributed by atoms with Crippen LogP contribution in [0.25, 0.3) is 0 Å². The molecule has 0 saturated heterocycles. The Morgan fingerprint density at radius 3 is 2.30 bits per heavy atom. The zero-order valence-electron chi connectivity index (χ0n) is 13.1. The summed E-state index contributed by atoms with van der Waals surface area (Å²) in [6.45, 7) is 9.49. The number of benzene rings is 1. The molecule has 0 aliphatic carbocycles. The van der Waals surface area contributed by atoms with Crippen LogP contribution in [0.2, 0.25) is 0 Å². The Labute approximate surface area is 123 Å². The molecule has 0 radical (unpaired) electrons. The van der Waals surface area contributed by atoms with Crippen molar-refractivity contribution in [1.82, 2.24) is 0 Å². The molecule has 1 aromatic rings. The zero-order valence-corrected chi connectivity index (χ0v) is 13.1. The van der Waals surface area contributed by atoms with E-state index < -0.39 is 0 Å². The Morgan fingerprint density at radius 1 is 1.25 bits per heavy atom. The van der Waals surface area contributed by atoms with Crippen LogP contribution in [0.4, 0.5) is 5.69 Å². The third-order valence-electron chi connectivity index (χ3n) is 3.65. The fourth-order valence-electron chi connectivity index (χ4n) is 2.78. The highest BCUT2D eigenvalue weighted by Gasteiger charge is 2.34. The van der Waals surface area contributed by atoms with E-state index in [2.05, 4.69) is 50.8 Å². The van der Waals surface area contributed by atoms with Crippen LogP contribution in [-0.2, 0) is 0 Å². The normalized spacial score (nSPS) is 14.4. The topological polar surface area (TPSA) is 53.0 Å². The first-order valence-electron chi connectivity index (χ1n) is 7.36. The molecule has 0 amide bonds. The van der Waals surface area contributed by atoms with Gasteiger partial charge in [0.15, 0.2) is 0 Å². The summed E-state index contributed by atoms with van der Waals surface area (Å²) in [6.07, 6.45) is 1.44. The van der Waals surface area contributed by atoms with Gasteiger partial charge in [0, 0.05) is 24.3 Å². The summed E-state index contributed by atoms with van der Waals surface area (Å²) >= 11 is 0. The number of nitriles is 1. The van der Waals surface area contributed by atoms with Gasteiger partial charge in [0.25, 0.3) is 0 Å². The van der Waals surface area contributed by atoms with Crippen molar-refractivity contribution in [1.29, 1.82) is 5.26 Å². The van der Waals surface area contributed by atoms with Crippen molar-refractivity contribution in [2.45, 2.75) is 52.6 Å². The highest BCUT2D eigenvalue weighted by atomic mass is 15.2. The summed E-state index contributed by atoms with van der Waals surface area (Å²) < 4.78 is 0. The van der Waals surface area contributed by atoms with Crippen LogP contribution in [0.3, 0.4) is 0 Å². The van der Waals surface area contributed by atoms with Crippen LogP contribution in [0.5, 0.6) is 0 Å². The monoisotopic (exact) mass is 273 g/mol. The number of hydrogen-bond acceptors (Lipinski definition) is 3.